The Kier molecular flexibility index (Phi) is 4.16. The van der Waals surface area contributed by atoms with Crippen molar-refractivity contribution in [2.45, 2.75) is 26.2 Å². The molecule has 0 saturated carbocycles. The molecule has 0 aliphatic carbocycles. The fourth-order valence-corrected chi connectivity index (χ4v) is 1.81. The SMILES string of the molecule is CC1(CN)CCN(CCCO)CC1. The first-order valence-electron chi connectivity index (χ1n) is 5.23. The van der Waals surface area contributed by atoms with E-state index in [1.165, 1.54) is 12.8 Å². The molecule has 0 atom stereocenters. The van der Waals surface area contributed by atoms with Crippen molar-refractivity contribution >= 4 is 0 Å². The summed E-state index contributed by atoms with van der Waals surface area (Å²) in [7, 11) is 0. The summed E-state index contributed by atoms with van der Waals surface area (Å²) < 4.78 is 0. The van der Waals surface area contributed by atoms with Gasteiger partial charge in [0.15, 0.2) is 0 Å². The molecule has 1 saturated heterocycles. The maximum atomic E-state index is 8.70. The minimum atomic E-state index is 0.310. The largest absolute Gasteiger partial charge is 0.396 e. The molecule has 0 aromatic rings. The summed E-state index contributed by atoms with van der Waals surface area (Å²) in [5.74, 6) is 0. The van der Waals surface area contributed by atoms with Gasteiger partial charge in [0.05, 0.1) is 0 Å². The van der Waals surface area contributed by atoms with E-state index < -0.39 is 0 Å². The van der Waals surface area contributed by atoms with Crippen LogP contribution in [0, 0.1) is 5.41 Å². The molecule has 1 rings (SSSR count). The van der Waals surface area contributed by atoms with Gasteiger partial charge in [-0.1, -0.05) is 6.92 Å². The normalized spacial score (nSPS) is 23.3. The van der Waals surface area contributed by atoms with E-state index in [2.05, 4.69) is 11.8 Å². The molecule has 1 heterocycles. The van der Waals surface area contributed by atoms with Crippen LogP contribution < -0.4 is 5.73 Å². The predicted octanol–water partition coefficient (Wildman–Crippen LogP) is 0.430. The lowest BCUT2D eigenvalue weighted by Gasteiger charge is -2.38. The summed E-state index contributed by atoms with van der Waals surface area (Å²) in [4.78, 5) is 2.42. The van der Waals surface area contributed by atoms with E-state index in [1.807, 2.05) is 0 Å². The zero-order chi connectivity index (χ0) is 9.73. The molecule has 0 aromatic heterocycles. The molecule has 0 amide bonds. The summed E-state index contributed by atoms with van der Waals surface area (Å²) in [6, 6.07) is 0. The van der Waals surface area contributed by atoms with Crippen LogP contribution in [0.2, 0.25) is 0 Å². The number of nitrogens with two attached hydrogens (primary N) is 1. The average molecular weight is 186 g/mol. The fourth-order valence-electron chi connectivity index (χ4n) is 1.81. The fraction of sp³-hybridized carbons (Fsp3) is 1.00. The highest BCUT2D eigenvalue weighted by Crippen LogP contribution is 2.29. The van der Waals surface area contributed by atoms with E-state index in [-0.39, 0.29) is 0 Å². The van der Waals surface area contributed by atoms with E-state index in [1.54, 1.807) is 0 Å². The Morgan fingerprint density at radius 2 is 2.00 bits per heavy atom. The first-order valence-corrected chi connectivity index (χ1v) is 5.23. The first kappa shape index (κ1) is 11.0. The quantitative estimate of drug-likeness (QED) is 0.669. The molecule has 1 aliphatic rings. The van der Waals surface area contributed by atoms with Crippen LogP contribution in [0.25, 0.3) is 0 Å². The Morgan fingerprint density at radius 1 is 1.38 bits per heavy atom. The predicted molar refractivity (Wildman–Crippen MR) is 54.5 cm³/mol. The highest BCUT2D eigenvalue weighted by atomic mass is 16.3. The molecule has 3 N–H and O–H groups in total. The third-order valence-corrected chi connectivity index (χ3v) is 3.19. The summed E-state index contributed by atoms with van der Waals surface area (Å²) in [6.07, 6.45) is 3.31. The molecular formula is C10H22N2O. The topological polar surface area (TPSA) is 49.5 Å². The Balaban J connectivity index is 2.22. The van der Waals surface area contributed by atoms with Crippen molar-refractivity contribution in [2.24, 2.45) is 11.1 Å². The molecule has 0 bridgehead atoms. The van der Waals surface area contributed by atoms with Gasteiger partial charge in [-0.3, -0.25) is 0 Å². The molecule has 3 nitrogen and oxygen atoms in total. The number of nitrogens with zero attached hydrogens (tertiary/aromatic N) is 1. The molecule has 78 valence electrons. The second-order valence-corrected chi connectivity index (χ2v) is 4.43. The number of piperidine rings is 1. The molecule has 0 unspecified atom stereocenters. The van der Waals surface area contributed by atoms with E-state index in [0.717, 1.165) is 32.6 Å². The van der Waals surface area contributed by atoms with Gasteiger partial charge in [0.25, 0.3) is 0 Å². The van der Waals surface area contributed by atoms with Crippen molar-refractivity contribution in [3.63, 3.8) is 0 Å². The molecular weight excluding hydrogens is 164 g/mol. The zero-order valence-corrected chi connectivity index (χ0v) is 8.63. The molecule has 1 aliphatic heterocycles. The first-order chi connectivity index (χ1) is 6.20. The molecule has 3 heteroatoms. The third-order valence-electron chi connectivity index (χ3n) is 3.19. The second-order valence-electron chi connectivity index (χ2n) is 4.43. The lowest BCUT2D eigenvalue weighted by atomic mass is 9.80. The number of aliphatic hydroxyl groups excluding tert-OH is 1. The van der Waals surface area contributed by atoms with Crippen LogP contribution in [0.4, 0.5) is 0 Å². The smallest absolute Gasteiger partial charge is 0.0443 e. The van der Waals surface area contributed by atoms with Gasteiger partial charge in [-0.15, -0.1) is 0 Å². The molecule has 0 aromatic carbocycles. The Morgan fingerprint density at radius 3 is 2.46 bits per heavy atom. The van der Waals surface area contributed by atoms with Crippen LogP contribution in [0.15, 0.2) is 0 Å². The molecule has 1 fully saturated rings. The van der Waals surface area contributed by atoms with Gasteiger partial charge in [0.2, 0.25) is 0 Å². The Hall–Kier alpha value is -0.120. The minimum absolute atomic E-state index is 0.310. The maximum absolute atomic E-state index is 8.70. The van der Waals surface area contributed by atoms with Gasteiger partial charge in [0, 0.05) is 13.2 Å². The van der Waals surface area contributed by atoms with Gasteiger partial charge in [-0.05, 0) is 44.3 Å². The highest BCUT2D eigenvalue weighted by Gasteiger charge is 2.27. The van der Waals surface area contributed by atoms with Gasteiger partial charge < -0.3 is 15.7 Å². The van der Waals surface area contributed by atoms with Crippen molar-refractivity contribution in [3.8, 4) is 0 Å². The number of aliphatic hydroxyl groups is 1. The van der Waals surface area contributed by atoms with Gasteiger partial charge >= 0.3 is 0 Å². The summed E-state index contributed by atoms with van der Waals surface area (Å²) >= 11 is 0. The van der Waals surface area contributed by atoms with Crippen LogP contribution in [-0.4, -0.2) is 42.8 Å². The number of rotatable bonds is 4. The number of hydrogen-bond acceptors (Lipinski definition) is 3. The summed E-state index contributed by atoms with van der Waals surface area (Å²) in [5, 5.41) is 8.70. The van der Waals surface area contributed by atoms with E-state index in [0.29, 0.717) is 12.0 Å². The minimum Gasteiger partial charge on any atom is -0.396 e. The third kappa shape index (κ3) is 3.25. The number of likely N-dealkylation sites (tertiary alicyclic amines) is 1. The van der Waals surface area contributed by atoms with E-state index in [9.17, 15) is 0 Å². The van der Waals surface area contributed by atoms with Crippen LogP contribution in [0.1, 0.15) is 26.2 Å². The van der Waals surface area contributed by atoms with E-state index in [4.69, 9.17) is 10.8 Å². The van der Waals surface area contributed by atoms with Crippen molar-refractivity contribution < 1.29 is 5.11 Å². The maximum Gasteiger partial charge on any atom is 0.0443 e. The lowest BCUT2D eigenvalue weighted by Crippen LogP contribution is -2.42. The van der Waals surface area contributed by atoms with E-state index >= 15 is 0 Å². The van der Waals surface area contributed by atoms with Crippen LogP contribution >= 0.6 is 0 Å². The average Bonchev–Trinajstić information content (AvgIpc) is 2.17. The van der Waals surface area contributed by atoms with Crippen molar-refractivity contribution in [1.82, 2.24) is 4.90 Å². The van der Waals surface area contributed by atoms with Crippen molar-refractivity contribution in [2.75, 3.05) is 32.8 Å². The van der Waals surface area contributed by atoms with Crippen molar-refractivity contribution in [3.05, 3.63) is 0 Å². The monoisotopic (exact) mass is 186 g/mol. The zero-order valence-electron chi connectivity index (χ0n) is 8.63. The van der Waals surface area contributed by atoms with Crippen LogP contribution in [-0.2, 0) is 0 Å². The van der Waals surface area contributed by atoms with Crippen molar-refractivity contribution in [1.29, 1.82) is 0 Å². The highest BCUT2D eigenvalue weighted by molar-refractivity contribution is 4.82. The number of hydrogen-bond donors (Lipinski definition) is 2. The Labute approximate surface area is 80.9 Å². The lowest BCUT2D eigenvalue weighted by molar-refractivity contribution is 0.117. The summed E-state index contributed by atoms with van der Waals surface area (Å²) in [5.41, 5.74) is 6.10. The summed E-state index contributed by atoms with van der Waals surface area (Å²) in [6.45, 7) is 6.72. The molecule has 0 spiro atoms. The van der Waals surface area contributed by atoms with Gasteiger partial charge in [-0.25, -0.2) is 0 Å². The Bertz CT molecular complexity index is 142. The molecule has 0 radical (unpaired) electrons. The molecule has 13 heavy (non-hydrogen) atoms. The second kappa shape index (κ2) is 4.94. The standard InChI is InChI=1S/C10H22N2O/c1-10(9-11)3-6-12(7-4-10)5-2-8-13/h13H,2-9,11H2,1H3. The van der Waals surface area contributed by atoms with Crippen LogP contribution in [0.3, 0.4) is 0 Å². The van der Waals surface area contributed by atoms with Crippen LogP contribution in [0.5, 0.6) is 0 Å². The van der Waals surface area contributed by atoms with Gasteiger partial charge in [-0.2, -0.15) is 0 Å². The van der Waals surface area contributed by atoms with Gasteiger partial charge in [0.1, 0.15) is 0 Å².